The lowest BCUT2D eigenvalue weighted by molar-refractivity contribution is 0.590. The largest absolute Gasteiger partial charge is 0.456 e. The maximum Gasteiger partial charge on any atom is 0.135 e. The Bertz CT molecular complexity index is 4460. The predicted molar refractivity (Wildman–Crippen MR) is 345 cm³/mol. The number of para-hydroxylation sites is 3. The summed E-state index contributed by atoms with van der Waals surface area (Å²) < 4.78 is 8.73. The van der Waals surface area contributed by atoms with E-state index < -0.39 is 0 Å². The average Bonchev–Trinajstić information content (AvgIpc) is 4.19. The minimum Gasteiger partial charge on any atom is -0.456 e. The molecule has 7 heteroatoms. The van der Waals surface area contributed by atoms with Gasteiger partial charge in [0.25, 0.3) is 0 Å². The van der Waals surface area contributed by atoms with Gasteiger partial charge in [-0.05, 0) is 154 Å². The molecule has 81 heavy (non-hydrogen) atoms. The van der Waals surface area contributed by atoms with E-state index in [1.54, 1.807) is 0 Å². The van der Waals surface area contributed by atoms with E-state index in [4.69, 9.17) is 27.6 Å². The zero-order valence-electron chi connectivity index (χ0n) is 46.2. The number of hydrogen-bond donors (Lipinski definition) is 0. The number of hydrogen-bond acceptors (Lipinski definition) is 4. The first-order valence-corrected chi connectivity index (χ1v) is 28.4. The van der Waals surface area contributed by atoms with Crippen LogP contribution in [0.5, 0.6) is 0 Å². The highest BCUT2D eigenvalue weighted by Gasteiger charge is 2.27. The van der Waals surface area contributed by atoms with Crippen LogP contribution >= 0.6 is 23.2 Å². The topological polar surface area (TPSA) is 27.8 Å². The first-order valence-electron chi connectivity index (χ1n) is 27.6. The van der Waals surface area contributed by atoms with Gasteiger partial charge in [-0.2, -0.15) is 0 Å². The number of fused-ring (bicyclic) bond motifs is 6. The Labute approximate surface area is 484 Å². The SMILES string of the molecule is CC(C)(C)c1ccc(N(c2cccc(N(c3cccc(-c4ccccc4)c3)c3ccc4oc5ccccc5c4c3)c2)c2cc(Cl)cc(N(c3ccc(C(C)(C)C)cc3)c3ccc4c5ccccc5n(-c5ccccc5)c4c3)c2Cl)cc1. The fourth-order valence-electron chi connectivity index (χ4n) is 11.4. The molecule has 2 heterocycles. The Morgan fingerprint density at radius 2 is 0.802 bits per heavy atom. The predicted octanol–water partition coefficient (Wildman–Crippen LogP) is 22.7. The Morgan fingerprint density at radius 1 is 0.333 bits per heavy atom. The van der Waals surface area contributed by atoms with E-state index in [-0.39, 0.29) is 10.8 Å². The van der Waals surface area contributed by atoms with Crippen LogP contribution in [0.4, 0.5) is 51.2 Å². The van der Waals surface area contributed by atoms with Gasteiger partial charge in [0.15, 0.2) is 0 Å². The van der Waals surface area contributed by atoms with Gasteiger partial charge < -0.3 is 23.7 Å². The van der Waals surface area contributed by atoms with Gasteiger partial charge in [0.05, 0.1) is 27.4 Å². The van der Waals surface area contributed by atoms with Crippen molar-refractivity contribution in [3.63, 3.8) is 0 Å². The molecule has 0 N–H and O–H groups in total. The molecule has 0 aliphatic rings. The number of benzene rings is 11. The van der Waals surface area contributed by atoms with Crippen molar-refractivity contribution in [2.75, 3.05) is 14.7 Å². The van der Waals surface area contributed by atoms with Crippen LogP contribution in [-0.4, -0.2) is 4.57 Å². The molecule has 0 radical (unpaired) electrons. The van der Waals surface area contributed by atoms with Crippen molar-refractivity contribution < 1.29 is 4.42 Å². The highest BCUT2D eigenvalue weighted by Crippen LogP contribution is 2.51. The molecular weight excluding hydrogens is 1030 g/mol. The van der Waals surface area contributed by atoms with Crippen LogP contribution in [0.1, 0.15) is 52.7 Å². The van der Waals surface area contributed by atoms with Crippen molar-refractivity contribution in [2.24, 2.45) is 0 Å². The average molecular weight is 1090 g/mol. The van der Waals surface area contributed by atoms with Crippen LogP contribution in [0.2, 0.25) is 10.0 Å². The van der Waals surface area contributed by atoms with E-state index in [1.807, 2.05) is 24.3 Å². The van der Waals surface area contributed by atoms with Crippen LogP contribution in [0.15, 0.2) is 259 Å². The molecule has 396 valence electrons. The number of halogens is 2. The third-order valence-corrected chi connectivity index (χ3v) is 16.2. The molecule has 13 aromatic rings. The summed E-state index contributed by atoms with van der Waals surface area (Å²) in [5.41, 5.74) is 17.6. The smallest absolute Gasteiger partial charge is 0.135 e. The second-order valence-electron chi connectivity index (χ2n) is 23.0. The highest BCUT2D eigenvalue weighted by atomic mass is 35.5. The van der Waals surface area contributed by atoms with Gasteiger partial charge in [-0.1, -0.05) is 198 Å². The van der Waals surface area contributed by atoms with Crippen molar-refractivity contribution in [3.8, 4) is 16.8 Å². The summed E-state index contributed by atoms with van der Waals surface area (Å²) in [4.78, 5) is 6.83. The first-order chi connectivity index (χ1) is 39.2. The van der Waals surface area contributed by atoms with Crippen molar-refractivity contribution in [1.82, 2.24) is 4.57 Å². The van der Waals surface area contributed by atoms with Crippen molar-refractivity contribution >= 4 is 118 Å². The molecule has 5 nitrogen and oxygen atoms in total. The van der Waals surface area contributed by atoms with Crippen molar-refractivity contribution in [1.29, 1.82) is 0 Å². The number of furan rings is 1. The number of aromatic nitrogens is 1. The summed E-state index contributed by atoms with van der Waals surface area (Å²) in [6.07, 6.45) is 0. The molecule has 0 bridgehead atoms. The molecule has 0 unspecified atom stereocenters. The standard InChI is InChI=1S/C74H60Cl2N4O/c1-73(2,3)51-31-35-55(36-32-51)78(59-26-18-25-58(46-59)77(57-24-17-21-50(43-57)49-19-9-7-10-20-49)60-40-42-71-65(47-60)64-28-14-16-30-70(64)81-71)68-44-53(75)45-69(72(68)76)79(56-37-33-52(34-38-56)74(4,5)6)61-39-41-63-62-27-13-15-29-66(62)80(67(63)48-61)54-22-11-8-12-23-54/h7-48H,1-6H3. The molecular formula is C74H60Cl2N4O. The zero-order chi connectivity index (χ0) is 55.6. The lowest BCUT2D eigenvalue weighted by Crippen LogP contribution is -2.16. The first kappa shape index (κ1) is 51.4. The Balaban J connectivity index is 1.02. The lowest BCUT2D eigenvalue weighted by Gasteiger charge is -2.33. The van der Waals surface area contributed by atoms with E-state index in [2.05, 4.69) is 291 Å². The van der Waals surface area contributed by atoms with Gasteiger partial charge in [-0.15, -0.1) is 0 Å². The van der Waals surface area contributed by atoms with Gasteiger partial charge in [0.1, 0.15) is 11.2 Å². The number of nitrogens with zero attached hydrogens (tertiary/aromatic N) is 4. The number of rotatable bonds is 11. The van der Waals surface area contributed by atoms with Gasteiger partial charge in [-0.25, -0.2) is 0 Å². The Kier molecular flexibility index (Phi) is 13.1. The monoisotopic (exact) mass is 1090 g/mol. The summed E-state index contributed by atoms with van der Waals surface area (Å²) in [7, 11) is 0. The van der Waals surface area contributed by atoms with E-state index in [0.717, 1.165) is 106 Å². The van der Waals surface area contributed by atoms with Crippen LogP contribution in [-0.2, 0) is 10.8 Å². The molecule has 0 aliphatic heterocycles. The fourth-order valence-corrected chi connectivity index (χ4v) is 11.9. The fraction of sp³-hybridized carbons (Fsp3) is 0.108. The lowest BCUT2D eigenvalue weighted by atomic mass is 9.87. The van der Waals surface area contributed by atoms with E-state index in [1.165, 1.54) is 16.5 Å². The second-order valence-corrected chi connectivity index (χ2v) is 23.8. The van der Waals surface area contributed by atoms with Crippen LogP contribution in [0.3, 0.4) is 0 Å². The molecule has 13 rings (SSSR count). The van der Waals surface area contributed by atoms with Crippen molar-refractivity contribution in [2.45, 2.75) is 52.4 Å². The van der Waals surface area contributed by atoms with E-state index >= 15 is 0 Å². The molecule has 0 saturated heterocycles. The third kappa shape index (κ3) is 9.67. The summed E-state index contributed by atoms with van der Waals surface area (Å²) in [5.74, 6) is 0. The molecule has 2 aromatic heterocycles. The van der Waals surface area contributed by atoms with E-state index in [0.29, 0.717) is 10.0 Å². The third-order valence-electron chi connectivity index (χ3n) is 15.6. The highest BCUT2D eigenvalue weighted by molar-refractivity contribution is 6.38. The van der Waals surface area contributed by atoms with Gasteiger partial charge in [0.2, 0.25) is 0 Å². The second kappa shape index (κ2) is 20.6. The maximum atomic E-state index is 8.18. The molecule has 0 fully saturated rings. The molecule has 11 aromatic carbocycles. The maximum absolute atomic E-state index is 8.18. The quantitative estimate of drug-likeness (QED) is 0.129. The number of anilines is 9. The van der Waals surface area contributed by atoms with Crippen LogP contribution in [0.25, 0.3) is 60.6 Å². The van der Waals surface area contributed by atoms with Gasteiger partial charge in [-0.3, -0.25) is 0 Å². The Morgan fingerprint density at radius 3 is 1.44 bits per heavy atom. The molecule has 0 spiro atoms. The summed E-state index contributed by atoms with van der Waals surface area (Å²) >= 11 is 15.7. The molecule has 0 amide bonds. The van der Waals surface area contributed by atoms with Crippen molar-refractivity contribution in [3.05, 3.63) is 276 Å². The summed E-state index contributed by atoms with van der Waals surface area (Å²) in [5, 5.41) is 5.50. The van der Waals surface area contributed by atoms with Gasteiger partial charge >= 0.3 is 0 Å². The Hall–Kier alpha value is -9.00. The van der Waals surface area contributed by atoms with E-state index in [9.17, 15) is 0 Å². The minimum absolute atomic E-state index is 0.0575. The minimum atomic E-state index is -0.0727. The molecule has 0 aliphatic carbocycles. The van der Waals surface area contributed by atoms with Gasteiger partial charge in [0, 0.05) is 72.1 Å². The van der Waals surface area contributed by atoms with Crippen LogP contribution < -0.4 is 14.7 Å². The molecule has 0 saturated carbocycles. The summed E-state index contributed by atoms with van der Waals surface area (Å²) in [6.45, 7) is 13.5. The summed E-state index contributed by atoms with van der Waals surface area (Å²) in [6, 6.07) is 90.3. The normalized spacial score (nSPS) is 12.0. The zero-order valence-corrected chi connectivity index (χ0v) is 47.7. The molecule has 0 atom stereocenters. The van der Waals surface area contributed by atoms with Crippen LogP contribution in [0, 0.1) is 0 Å².